The van der Waals surface area contributed by atoms with Crippen molar-refractivity contribution in [2.45, 2.75) is 43.7 Å². The second kappa shape index (κ2) is 6.55. The largest absolute Gasteiger partial charge is 0.379 e. The van der Waals surface area contributed by atoms with Crippen molar-refractivity contribution in [3.05, 3.63) is 29.8 Å². The minimum absolute atomic E-state index is 0.0207. The van der Waals surface area contributed by atoms with Gasteiger partial charge < -0.3 is 10.1 Å². The van der Waals surface area contributed by atoms with Gasteiger partial charge in [0.15, 0.2) is 0 Å². The van der Waals surface area contributed by atoms with Crippen LogP contribution in [0.1, 0.15) is 37.6 Å². The molecule has 1 aromatic carbocycles. The Hall–Kier alpha value is -1.44. The van der Waals surface area contributed by atoms with Gasteiger partial charge in [0.2, 0.25) is 10.0 Å². The number of hydrogen-bond donors (Lipinski definition) is 2. The summed E-state index contributed by atoms with van der Waals surface area (Å²) in [6, 6.07) is 5.42. The van der Waals surface area contributed by atoms with Crippen LogP contribution in [0.3, 0.4) is 0 Å². The molecule has 21 heavy (non-hydrogen) atoms. The van der Waals surface area contributed by atoms with Gasteiger partial charge in [-0.05, 0) is 51.5 Å². The number of nitrogens with one attached hydrogen (secondary N) is 1. The molecule has 6 nitrogen and oxygen atoms in total. The molecule has 1 atom stereocenters. The summed E-state index contributed by atoms with van der Waals surface area (Å²) < 4.78 is 27.6. The van der Waals surface area contributed by atoms with Crippen molar-refractivity contribution in [1.82, 2.24) is 5.32 Å². The molecule has 1 aromatic rings. The van der Waals surface area contributed by atoms with Crippen molar-refractivity contribution in [3.63, 3.8) is 0 Å². The summed E-state index contributed by atoms with van der Waals surface area (Å²) in [4.78, 5) is 12.0. The number of carbonyl (C=O) groups is 1. The highest BCUT2D eigenvalue weighted by molar-refractivity contribution is 7.89. The molecular weight excluding hydrogens is 292 g/mol. The second-order valence-corrected chi connectivity index (χ2v) is 7.17. The van der Waals surface area contributed by atoms with Gasteiger partial charge in [0.25, 0.3) is 5.91 Å². The molecule has 118 valence electrons. The maximum Gasteiger partial charge on any atom is 0.251 e. The fourth-order valence-corrected chi connectivity index (χ4v) is 2.49. The molecule has 0 fully saturated rings. The molecule has 0 aliphatic rings. The van der Waals surface area contributed by atoms with E-state index in [1.165, 1.54) is 24.3 Å². The number of methoxy groups -OCH3 is 1. The SMILES string of the molecule is COC(C)(C)CC(C)NC(=O)c1ccc(S(N)(=O)=O)cc1. The molecule has 0 radical (unpaired) electrons. The first kappa shape index (κ1) is 17.6. The fourth-order valence-electron chi connectivity index (χ4n) is 1.97. The molecule has 0 aliphatic heterocycles. The summed E-state index contributed by atoms with van der Waals surface area (Å²) in [7, 11) is -2.12. The number of hydrogen-bond acceptors (Lipinski definition) is 4. The third-order valence-corrected chi connectivity index (χ3v) is 4.10. The predicted molar refractivity (Wildman–Crippen MR) is 80.4 cm³/mol. The quantitative estimate of drug-likeness (QED) is 0.826. The van der Waals surface area contributed by atoms with Crippen LogP contribution in [0.2, 0.25) is 0 Å². The molecule has 0 heterocycles. The summed E-state index contributed by atoms with van der Waals surface area (Å²) in [6.07, 6.45) is 0.657. The van der Waals surface area contributed by atoms with Gasteiger partial charge >= 0.3 is 0 Å². The number of rotatable bonds is 6. The summed E-state index contributed by atoms with van der Waals surface area (Å²) in [5.74, 6) is -0.268. The molecular formula is C14H22N2O4S. The molecule has 3 N–H and O–H groups in total. The molecule has 0 aliphatic carbocycles. The number of carbonyl (C=O) groups excluding carboxylic acids is 1. The van der Waals surface area contributed by atoms with Crippen LogP contribution in [0, 0.1) is 0 Å². The first-order valence-electron chi connectivity index (χ1n) is 6.54. The van der Waals surface area contributed by atoms with Crippen LogP contribution in [0.4, 0.5) is 0 Å². The molecule has 0 spiro atoms. The Bertz CT molecular complexity index is 594. The lowest BCUT2D eigenvalue weighted by atomic mass is 9.99. The number of nitrogens with two attached hydrogens (primary N) is 1. The van der Waals surface area contributed by atoms with E-state index in [9.17, 15) is 13.2 Å². The first-order chi connectivity index (χ1) is 9.55. The summed E-state index contributed by atoms with van der Waals surface area (Å²) in [5.41, 5.74) is 0.0500. The molecule has 0 saturated carbocycles. The van der Waals surface area contributed by atoms with E-state index in [1.807, 2.05) is 20.8 Å². The topological polar surface area (TPSA) is 98.5 Å². The first-order valence-corrected chi connectivity index (χ1v) is 8.09. The van der Waals surface area contributed by atoms with Gasteiger partial charge in [-0.2, -0.15) is 0 Å². The Morgan fingerprint density at radius 1 is 1.33 bits per heavy atom. The van der Waals surface area contributed by atoms with Gasteiger partial charge in [-0.1, -0.05) is 0 Å². The number of primary sulfonamides is 1. The standard InChI is InChI=1S/C14H22N2O4S/c1-10(9-14(2,3)20-4)16-13(17)11-5-7-12(8-6-11)21(15,18)19/h5-8,10H,9H2,1-4H3,(H,16,17)(H2,15,18,19). The van der Waals surface area contributed by atoms with Gasteiger partial charge in [0.1, 0.15) is 0 Å². The van der Waals surface area contributed by atoms with E-state index in [-0.39, 0.29) is 22.4 Å². The normalized spacial score (nSPS) is 13.8. The summed E-state index contributed by atoms with van der Waals surface area (Å²) in [6.45, 7) is 5.77. The van der Waals surface area contributed by atoms with Gasteiger partial charge in [0.05, 0.1) is 10.5 Å². The van der Waals surface area contributed by atoms with Gasteiger partial charge in [-0.25, -0.2) is 13.6 Å². The highest BCUT2D eigenvalue weighted by atomic mass is 32.2. The molecule has 1 rings (SSSR count). The lowest BCUT2D eigenvalue weighted by molar-refractivity contribution is 0.00885. The van der Waals surface area contributed by atoms with Crippen molar-refractivity contribution in [2.24, 2.45) is 5.14 Å². The second-order valence-electron chi connectivity index (χ2n) is 5.61. The van der Waals surface area contributed by atoms with E-state index in [4.69, 9.17) is 9.88 Å². The van der Waals surface area contributed by atoms with Crippen molar-refractivity contribution in [2.75, 3.05) is 7.11 Å². The Balaban J connectivity index is 2.72. The average molecular weight is 314 g/mol. The zero-order valence-electron chi connectivity index (χ0n) is 12.7. The fraction of sp³-hybridized carbons (Fsp3) is 0.500. The van der Waals surface area contributed by atoms with Gasteiger partial charge in [0, 0.05) is 18.7 Å². The monoisotopic (exact) mass is 314 g/mol. The van der Waals surface area contributed by atoms with E-state index >= 15 is 0 Å². The highest BCUT2D eigenvalue weighted by Crippen LogP contribution is 2.16. The van der Waals surface area contributed by atoms with Crippen LogP contribution in [0.25, 0.3) is 0 Å². The van der Waals surface area contributed by atoms with Crippen LogP contribution < -0.4 is 10.5 Å². The number of ether oxygens (including phenoxy) is 1. The highest BCUT2D eigenvalue weighted by Gasteiger charge is 2.21. The molecule has 7 heteroatoms. The zero-order valence-corrected chi connectivity index (χ0v) is 13.5. The number of amides is 1. The van der Waals surface area contributed by atoms with Crippen molar-refractivity contribution in [1.29, 1.82) is 0 Å². The van der Waals surface area contributed by atoms with Crippen LogP contribution in [0.5, 0.6) is 0 Å². The van der Waals surface area contributed by atoms with E-state index in [0.717, 1.165) is 0 Å². The molecule has 0 saturated heterocycles. The lowest BCUT2D eigenvalue weighted by Crippen LogP contribution is -2.38. The third-order valence-electron chi connectivity index (χ3n) is 3.17. The molecule has 0 aromatic heterocycles. The summed E-state index contributed by atoms with van der Waals surface area (Å²) in [5, 5.41) is 7.85. The zero-order chi connectivity index (χ0) is 16.3. The minimum Gasteiger partial charge on any atom is -0.379 e. The van der Waals surface area contributed by atoms with Crippen LogP contribution in [-0.4, -0.2) is 33.1 Å². The van der Waals surface area contributed by atoms with Crippen molar-refractivity contribution >= 4 is 15.9 Å². The van der Waals surface area contributed by atoms with E-state index < -0.39 is 10.0 Å². The number of benzene rings is 1. The lowest BCUT2D eigenvalue weighted by Gasteiger charge is -2.27. The molecule has 1 amide bonds. The van der Waals surface area contributed by atoms with Crippen LogP contribution in [0.15, 0.2) is 29.2 Å². The van der Waals surface area contributed by atoms with Gasteiger partial charge in [-0.15, -0.1) is 0 Å². The summed E-state index contributed by atoms with van der Waals surface area (Å²) >= 11 is 0. The van der Waals surface area contributed by atoms with E-state index in [1.54, 1.807) is 7.11 Å². The predicted octanol–water partition coefficient (Wildman–Crippen LogP) is 1.27. The van der Waals surface area contributed by atoms with Crippen molar-refractivity contribution in [3.8, 4) is 0 Å². The number of sulfonamides is 1. The third kappa shape index (κ3) is 5.45. The molecule has 0 bridgehead atoms. The minimum atomic E-state index is -3.74. The Kier molecular flexibility index (Phi) is 5.49. The maximum absolute atomic E-state index is 12.1. The molecule has 1 unspecified atom stereocenters. The smallest absolute Gasteiger partial charge is 0.251 e. The van der Waals surface area contributed by atoms with Crippen molar-refractivity contribution < 1.29 is 17.9 Å². The average Bonchev–Trinajstić information content (AvgIpc) is 2.37. The van der Waals surface area contributed by atoms with E-state index in [2.05, 4.69) is 5.32 Å². The van der Waals surface area contributed by atoms with Crippen LogP contribution >= 0.6 is 0 Å². The Labute approximate surface area is 125 Å². The van der Waals surface area contributed by atoms with E-state index in [0.29, 0.717) is 12.0 Å². The van der Waals surface area contributed by atoms with Crippen LogP contribution in [-0.2, 0) is 14.8 Å². The maximum atomic E-state index is 12.1. The van der Waals surface area contributed by atoms with Gasteiger partial charge in [-0.3, -0.25) is 4.79 Å². The Morgan fingerprint density at radius 3 is 2.29 bits per heavy atom. The Morgan fingerprint density at radius 2 is 1.86 bits per heavy atom.